The van der Waals surface area contributed by atoms with Gasteiger partial charge in [-0.15, -0.1) is 0 Å². The van der Waals surface area contributed by atoms with Crippen LogP contribution in [-0.4, -0.2) is 0 Å². The summed E-state index contributed by atoms with van der Waals surface area (Å²) >= 11 is 0. The highest BCUT2D eigenvalue weighted by atomic mass is 14.0. The molecule has 0 aliphatic heterocycles. The van der Waals surface area contributed by atoms with Crippen molar-refractivity contribution >= 4 is 12.2 Å². The summed E-state index contributed by atoms with van der Waals surface area (Å²) in [6, 6.07) is 17.2. The zero-order valence-electron chi connectivity index (χ0n) is 11.5. The van der Waals surface area contributed by atoms with Crippen LogP contribution in [0.1, 0.15) is 30.9 Å². The van der Waals surface area contributed by atoms with Gasteiger partial charge in [0.1, 0.15) is 0 Å². The van der Waals surface area contributed by atoms with Crippen molar-refractivity contribution in [1.29, 1.82) is 0 Å². The minimum Gasteiger partial charge on any atom is -0.0985 e. The topological polar surface area (TPSA) is 0 Å². The molecule has 0 heteroatoms. The van der Waals surface area contributed by atoms with Crippen LogP contribution in [0, 0.1) is 0 Å². The summed E-state index contributed by atoms with van der Waals surface area (Å²) in [4.78, 5) is 0. The van der Waals surface area contributed by atoms with Gasteiger partial charge in [0.25, 0.3) is 0 Å². The first-order chi connectivity index (χ1) is 9.33. The molecule has 0 aliphatic rings. The van der Waals surface area contributed by atoms with Crippen LogP contribution < -0.4 is 0 Å². The van der Waals surface area contributed by atoms with Crippen LogP contribution in [0.3, 0.4) is 0 Å². The van der Waals surface area contributed by atoms with Gasteiger partial charge in [0, 0.05) is 0 Å². The van der Waals surface area contributed by atoms with E-state index in [-0.39, 0.29) is 0 Å². The van der Waals surface area contributed by atoms with E-state index in [1.54, 1.807) is 0 Å². The molecule has 96 valence electrons. The quantitative estimate of drug-likeness (QED) is 0.626. The molecule has 0 amide bonds. The predicted octanol–water partition coefficient (Wildman–Crippen LogP) is 5.81. The molecule has 2 rings (SSSR count). The van der Waals surface area contributed by atoms with Crippen molar-refractivity contribution in [2.75, 3.05) is 0 Å². The molecule has 0 atom stereocenters. The van der Waals surface area contributed by atoms with Gasteiger partial charge >= 0.3 is 0 Å². The van der Waals surface area contributed by atoms with Gasteiger partial charge in [-0.25, -0.2) is 0 Å². The van der Waals surface area contributed by atoms with E-state index in [4.69, 9.17) is 0 Å². The standard InChI is InChI=1S/C19H20/c1-3-5-6-7-17-10-14-19(15-11-17)18-12-8-16(4-2)9-13-18/h4,6-15H,2-3,5H2,1H3. The summed E-state index contributed by atoms with van der Waals surface area (Å²) in [5.74, 6) is 0. The van der Waals surface area contributed by atoms with Gasteiger partial charge < -0.3 is 0 Å². The molecule has 0 fully saturated rings. The van der Waals surface area contributed by atoms with Crippen molar-refractivity contribution in [2.45, 2.75) is 19.8 Å². The Labute approximate surface area is 116 Å². The van der Waals surface area contributed by atoms with E-state index in [0.717, 1.165) is 12.0 Å². The highest BCUT2D eigenvalue weighted by Crippen LogP contribution is 2.21. The molecular formula is C19H20. The first kappa shape index (κ1) is 13.4. The number of unbranched alkanes of at least 4 members (excludes halogenated alkanes) is 1. The van der Waals surface area contributed by atoms with E-state index in [0.29, 0.717) is 0 Å². The van der Waals surface area contributed by atoms with E-state index in [1.165, 1.54) is 23.1 Å². The van der Waals surface area contributed by atoms with Gasteiger partial charge in [-0.2, -0.15) is 0 Å². The Hall–Kier alpha value is -2.08. The smallest absolute Gasteiger partial charge is 0.0184 e. The molecule has 0 saturated carbocycles. The Morgan fingerprint density at radius 3 is 1.84 bits per heavy atom. The molecule has 0 unspecified atom stereocenters. The number of rotatable bonds is 5. The molecule has 0 nitrogen and oxygen atoms in total. The SMILES string of the molecule is C=Cc1ccc(-c2ccc(C=CCCC)cc2)cc1. The normalized spacial score (nSPS) is 10.8. The zero-order valence-corrected chi connectivity index (χ0v) is 11.5. The van der Waals surface area contributed by atoms with Gasteiger partial charge in [0.15, 0.2) is 0 Å². The minimum atomic E-state index is 1.14. The van der Waals surface area contributed by atoms with Crippen molar-refractivity contribution < 1.29 is 0 Å². The van der Waals surface area contributed by atoms with E-state index in [2.05, 4.69) is 74.2 Å². The summed E-state index contributed by atoms with van der Waals surface area (Å²) in [6.07, 6.45) is 8.63. The molecule has 2 aromatic rings. The average molecular weight is 248 g/mol. The maximum atomic E-state index is 3.77. The van der Waals surface area contributed by atoms with Crippen molar-refractivity contribution in [3.05, 3.63) is 72.3 Å². The highest BCUT2D eigenvalue weighted by molar-refractivity contribution is 5.67. The molecule has 0 aliphatic carbocycles. The fourth-order valence-corrected chi connectivity index (χ4v) is 1.98. The summed E-state index contributed by atoms with van der Waals surface area (Å²) in [6.45, 7) is 5.97. The van der Waals surface area contributed by atoms with Crippen LogP contribution in [0.5, 0.6) is 0 Å². The van der Waals surface area contributed by atoms with Gasteiger partial charge in [-0.1, -0.05) is 86.7 Å². The second-order valence-corrected chi connectivity index (χ2v) is 4.64. The number of hydrogen-bond donors (Lipinski definition) is 0. The fourth-order valence-electron chi connectivity index (χ4n) is 1.98. The first-order valence-corrected chi connectivity index (χ1v) is 6.83. The molecule has 0 aromatic heterocycles. The van der Waals surface area contributed by atoms with Crippen LogP contribution in [0.15, 0.2) is 61.2 Å². The third-order valence-electron chi connectivity index (χ3n) is 3.16. The first-order valence-electron chi connectivity index (χ1n) is 6.83. The number of hydrogen-bond acceptors (Lipinski definition) is 0. The van der Waals surface area contributed by atoms with Gasteiger partial charge in [-0.05, 0) is 28.7 Å². The maximum Gasteiger partial charge on any atom is -0.0184 e. The summed E-state index contributed by atoms with van der Waals surface area (Å²) < 4.78 is 0. The summed E-state index contributed by atoms with van der Waals surface area (Å²) in [5, 5.41) is 0. The molecule has 19 heavy (non-hydrogen) atoms. The molecule has 0 N–H and O–H groups in total. The second-order valence-electron chi connectivity index (χ2n) is 4.64. The highest BCUT2D eigenvalue weighted by Gasteiger charge is 1.96. The Bertz CT molecular complexity index is 542. The van der Waals surface area contributed by atoms with E-state index < -0.39 is 0 Å². The molecule has 0 bridgehead atoms. The summed E-state index contributed by atoms with van der Waals surface area (Å²) in [5.41, 5.74) is 4.92. The zero-order chi connectivity index (χ0) is 13.5. The van der Waals surface area contributed by atoms with Crippen LogP contribution in [0.2, 0.25) is 0 Å². The lowest BCUT2D eigenvalue weighted by Crippen LogP contribution is -1.79. The van der Waals surface area contributed by atoms with Crippen molar-refractivity contribution in [2.24, 2.45) is 0 Å². The van der Waals surface area contributed by atoms with Gasteiger partial charge in [0.2, 0.25) is 0 Å². The molecule has 0 heterocycles. The fraction of sp³-hybridized carbons (Fsp3) is 0.158. The van der Waals surface area contributed by atoms with Crippen LogP contribution in [0.4, 0.5) is 0 Å². The Kier molecular flexibility index (Phi) is 4.74. The minimum absolute atomic E-state index is 1.14. The lowest BCUT2D eigenvalue weighted by atomic mass is 10.0. The average Bonchev–Trinajstić information content (AvgIpc) is 2.48. The van der Waals surface area contributed by atoms with E-state index >= 15 is 0 Å². The largest absolute Gasteiger partial charge is 0.0985 e. The van der Waals surface area contributed by atoms with Crippen LogP contribution in [0.25, 0.3) is 23.3 Å². The van der Waals surface area contributed by atoms with Crippen LogP contribution >= 0.6 is 0 Å². The third kappa shape index (κ3) is 3.69. The van der Waals surface area contributed by atoms with Crippen molar-refractivity contribution in [1.82, 2.24) is 0 Å². The van der Waals surface area contributed by atoms with E-state index in [1.807, 2.05) is 6.08 Å². The molecule has 0 spiro atoms. The molecule has 0 radical (unpaired) electrons. The predicted molar refractivity (Wildman–Crippen MR) is 85.9 cm³/mol. The Morgan fingerprint density at radius 1 is 0.842 bits per heavy atom. The molecular weight excluding hydrogens is 228 g/mol. The third-order valence-corrected chi connectivity index (χ3v) is 3.16. The second kappa shape index (κ2) is 6.75. The van der Waals surface area contributed by atoms with E-state index in [9.17, 15) is 0 Å². The van der Waals surface area contributed by atoms with Gasteiger partial charge in [0.05, 0.1) is 0 Å². The number of benzene rings is 2. The monoisotopic (exact) mass is 248 g/mol. The lowest BCUT2D eigenvalue weighted by Gasteiger charge is -2.03. The summed E-state index contributed by atoms with van der Waals surface area (Å²) in [7, 11) is 0. The number of allylic oxidation sites excluding steroid dienone is 1. The van der Waals surface area contributed by atoms with Crippen LogP contribution in [-0.2, 0) is 0 Å². The lowest BCUT2D eigenvalue weighted by molar-refractivity contribution is 0.962. The molecule has 0 saturated heterocycles. The Balaban J connectivity index is 2.14. The van der Waals surface area contributed by atoms with Crippen molar-refractivity contribution in [3.63, 3.8) is 0 Å². The van der Waals surface area contributed by atoms with Gasteiger partial charge in [-0.3, -0.25) is 0 Å². The molecule has 2 aromatic carbocycles. The maximum absolute atomic E-state index is 3.77. The Morgan fingerprint density at radius 2 is 1.37 bits per heavy atom. The van der Waals surface area contributed by atoms with Crippen molar-refractivity contribution in [3.8, 4) is 11.1 Å².